The summed E-state index contributed by atoms with van der Waals surface area (Å²) in [5, 5.41) is 2.85. The number of nitrogens with zero attached hydrogens (tertiary/aromatic N) is 2. The zero-order valence-electron chi connectivity index (χ0n) is 21.8. The summed E-state index contributed by atoms with van der Waals surface area (Å²) in [6.45, 7) is 7.70. The lowest BCUT2D eigenvalue weighted by Gasteiger charge is -2.32. The summed E-state index contributed by atoms with van der Waals surface area (Å²) in [5.74, 6) is -0.751. The van der Waals surface area contributed by atoms with E-state index in [0.29, 0.717) is 12.2 Å². The Hall–Kier alpha value is -3.65. The molecule has 0 spiro atoms. The van der Waals surface area contributed by atoms with Crippen LogP contribution in [-0.2, 0) is 26.2 Å². The minimum absolute atomic E-state index is 0.0857. The van der Waals surface area contributed by atoms with Crippen molar-refractivity contribution < 1.29 is 18.0 Å². The van der Waals surface area contributed by atoms with Crippen LogP contribution in [0.25, 0.3) is 0 Å². The highest BCUT2D eigenvalue weighted by Gasteiger charge is 2.32. The fourth-order valence-corrected chi connectivity index (χ4v) is 5.34. The lowest BCUT2D eigenvalue weighted by atomic mass is 10.1. The second-order valence-corrected chi connectivity index (χ2v) is 10.9. The minimum Gasteiger partial charge on any atom is -0.354 e. The Morgan fingerprint density at radius 3 is 2.14 bits per heavy atom. The van der Waals surface area contributed by atoms with Gasteiger partial charge in [0.1, 0.15) is 12.6 Å². The van der Waals surface area contributed by atoms with Crippen LogP contribution in [0, 0.1) is 13.8 Å². The highest BCUT2D eigenvalue weighted by molar-refractivity contribution is 7.92. The van der Waals surface area contributed by atoms with Crippen molar-refractivity contribution in [1.82, 2.24) is 10.2 Å². The van der Waals surface area contributed by atoms with Gasteiger partial charge in [-0.3, -0.25) is 13.9 Å². The molecule has 0 aliphatic heterocycles. The van der Waals surface area contributed by atoms with Crippen molar-refractivity contribution in [2.75, 3.05) is 17.4 Å². The quantitative estimate of drug-likeness (QED) is 0.404. The van der Waals surface area contributed by atoms with Crippen LogP contribution in [0.5, 0.6) is 0 Å². The fraction of sp³-hybridized carbons (Fsp3) is 0.310. The van der Waals surface area contributed by atoms with E-state index in [4.69, 9.17) is 0 Å². The lowest BCUT2D eigenvalue weighted by Crippen LogP contribution is -2.51. The van der Waals surface area contributed by atoms with Crippen LogP contribution in [0.4, 0.5) is 5.69 Å². The number of hydrogen-bond donors (Lipinski definition) is 1. The van der Waals surface area contributed by atoms with Crippen molar-refractivity contribution in [2.45, 2.75) is 51.6 Å². The second kappa shape index (κ2) is 12.5. The molecule has 7 nitrogen and oxygen atoms in total. The smallest absolute Gasteiger partial charge is 0.264 e. The molecule has 0 saturated heterocycles. The van der Waals surface area contributed by atoms with Crippen LogP contribution in [0.1, 0.15) is 37.0 Å². The number of hydrogen-bond acceptors (Lipinski definition) is 4. The number of carbonyl (C=O) groups is 2. The number of sulfonamides is 1. The molecule has 1 atom stereocenters. The van der Waals surface area contributed by atoms with Crippen LogP contribution in [0.15, 0.2) is 83.8 Å². The Morgan fingerprint density at radius 1 is 0.892 bits per heavy atom. The molecule has 3 aromatic rings. The van der Waals surface area contributed by atoms with Gasteiger partial charge in [0.25, 0.3) is 10.0 Å². The van der Waals surface area contributed by atoms with E-state index < -0.39 is 28.5 Å². The molecule has 0 saturated carbocycles. The Labute approximate surface area is 220 Å². The molecule has 37 heavy (non-hydrogen) atoms. The number of anilines is 1. The predicted octanol–water partition coefficient (Wildman–Crippen LogP) is 4.44. The maximum Gasteiger partial charge on any atom is 0.264 e. The van der Waals surface area contributed by atoms with Gasteiger partial charge in [-0.25, -0.2) is 8.42 Å². The molecular weight excluding hydrogens is 486 g/mol. The first-order valence-corrected chi connectivity index (χ1v) is 13.8. The van der Waals surface area contributed by atoms with Gasteiger partial charge in [-0.05, 0) is 62.6 Å². The molecule has 0 radical (unpaired) electrons. The standard InChI is InChI=1S/C29H35N3O4S/c1-5-19-30-29(34)24(4)31(20-25-12-10-9-11-23(25)3)28(33)21-32(26-17-15-22(2)16-18-26)37(35,36)27-13-7-6-8-14-27/h6-18,24H,5,19-21H2,1-4H3,(H,30,34). The van der Waals surface area contributed by atoms with Gasteiger partial charge in [-0.2, -0.15) is 0 Å². The average Bonchev–Trinajstić information content (AvgIpc) is 2.90. The summed E-state index contributed by atoms with van der Waals surface area (Å²) < 4.78 is 28.5. The maximum atomic E-state index is 13.8. The number of benzene rings is 3. The van der Waals surface area contributed by atoms with Crippen molar-refractivity contribution in [1.29, 1.82) is 0 Å². The summed E-state index contributed by atoms with van der Waals surface area (Å²) in [6, 6.07) is 21.9. The highest BCUT2D eigenvalue weighted by atomic mass is 32.2. The van der Waals surface area contributed by atoms with Crippen molar-refractivity contribution >= 4 is 27.5 Å². The van der Waals surface area contributed by atoms with E-state index in [1.54, 1.807) is 49.4 Å². The molecule has 0 aliphatic carbocycles. The molecule has 1 unspecified atom stereocenters. The average molecular weight is 522 g/mol. The molecule has 0 fully saturated rings. The molecule has 1 N–H and O–H groups in total. The first-order chi connectivity index (χ1) is 17.6. The van der Waals surface area contributed by atoms with Crippen LogP contribution >= 0.6 is 0 Å². The number of amides is 2. The molecular formula is C29H35N3O4S. The first-order valence-electron chi connectivity index (χ1n) is 12.4. The molecule has 196 valence electrons. The van der Waals surface area contributed by atoms with Crippen LogP contribution in [-0.4, -0.2) is 44.3 Å². The van der Waals surface area contributed by atoms with Gasteiger partial charge in [0.05, 0.1) is 10.6 Å². The van der Waals surface area contributed by atoms with Crippen LogP contribution in [0.3, 0.4) is 0 Å². The SMILES string of the molecule is CCCNC(=O)C(C)N(Cc1ccccc1C)C(=O)CN(c1ccc(C)cc1)S(=O)(=O)c1ccccc1. The number of nitrogens with one attached hydrogen (secondary N) is 1. The molecule has 0 aliphatic rings. The van der Waals surface area contributed by atoms with E-state index >= 15 is 0 Å². The lowest BCUT2D eigenvalue weighted by molar-refractivity contribution is -0.139. The fourth-order valence-electron chi connectivity index (χ4n) is 3.91. The van der Waals surface area contributed by atoms with Gasteiger partial charge in [0, 0.05) is 13.1 Å². The topological polar surface area (TPSA) is 86.8 Å². The van der Waals surface area contributed by atoms with E-state index in [2.05, 4.69) is 5.32 Å². The number of carbonyl (C=O) groups excluding carboxylic acids is 2. The van der Waals surface area contributed by atoms with E-state index in [0.717, 1.165) is 27.4 Å². The highest BCUT2D eigenvalue weighted by Crippen LogP contribution is 2.25. The summed E-state index contributed by atoms with van der Waals surface area (Å²) in [5.41, 5.74) is 3.21. The molecule has 8 heteroatoms. The van der Waals surface area contributed by atoms with Gasteiger partial charge in [0.15, 0.2) is 0 Å². The molecule has 2 amide bonds. The molecule has 3 aromatic carbocycles. The van der Waals surface area contributed by atoms with Gasteiger partial charge in [-0.15, -0.1) is 0 Å². The summed E-state index contributed by atoms with van der Waals surface area (Å²) in [6.07, 6.45) is 0.765. The Balaban J connectivity index is 2.01. The molecule has 3 rings (SSSR count). The molecule has 0 bridgehead atoms. The van der Waals surface area contributed by atoms with Gasteiger partial charge in [-0.1, -0.05) is 67.1 Å². The van der Waals surface area contributed by atoms with Crippen LogP contribution < -0.4 is 9.62 Å². The Kier molecular flexibility index (Phi) is 9.47. The predicted molar refractivity (Wildman–Crippen MR) is 147 cm³/mol. The van der Waals surface area contributed by atoms with Crippen molar-refractivity contribution in [3.63, 3.8) is 0 Å². The van der Waals surface area contributed by atoms with Gasteiger partial charge < -0.3 is 10.2 Å². The Morgan fingerprint density at radius 2 is 1.51 bits per heavy atom. The van der Waals surface area contributed by atoms with Gasteiger partial charge >= 0.3 is 0 Å². The third-order valence-corrected chi connectivity index (χ3v) is 8.04. The zero-order chi connectivity index (χ0) is 27.0. The third-order valence-electron chi connectivity index (χ3n) is 6.25. The molecule has 0 heterocycles. The van der Waals surface area contributed by atoms with Crippen molar-refractivity contribution in [2.24, 2.45) is 0 Å². The molecule has 0 aromatic heterocycles. The van der Waals surface area contributed by atoms with E-state index in [1.807, 2.05) is 45.0 Å². The minimum atomic E-state index is -4.05. The van der Waals surface area contributed by atoms with E-state index in [-0.39, 0.29) is 17.3 Å². The van der Waals surface area contributed by atoms with E-state index in [9.17, 15) is 18.0 Å². The summed E-state index contributed by atoms with van der Waals surface area (Å²) >= 11 is 0. The number of rotatable bonds is 11. The zero-order valence-corrected chi connectivity index (χ0v) is 22.7. The summed E-state index contributed by atoms with van der Waals surface area (Å²) in [7, 11) is -4.05. The summed E-state index contributed by atoms with van der Waals surface area (Å²) in [4.78, 5) is 28.3. The Bertz CT molecular complexity index is 1310. The van der Waals surface area contributed by atoms with E-state index in [1.165, 1.54) is 17.0 Å². The normalized spacial score (nSPS) is 12.0. The van der Waals surface area contributed by atoms with Crippen LogP contribution in [0.2, 0.25) is 0 Å². The largest absolute Gasteiger partial charge is 0.354 e. The third kappa shape index (κ3) is 6.98. The monoisotopic (exact) mass is 521 g/mol. The van der Waals surface area contributed by atoms with Crippen molar-refractivity contribution in [3.05, 3.63) is 95.6 Å². The van der Waals surface area contributed by atoms with Gasteiger partial charge in [0.2, 0.25) is 11.8 Å². The van der Waals surface area contributed by atoms with Crippen molar-refractivity contribution in [3.8, 4) is 0 Å². The second-order valence-electron chi connectivity index (χ2n) is 9.08. The number of aryl methyl sites for hydroxylation is 2. The maximum absolute atomic E-state index is 13.8. The first kappa shape index (κ1) is 27.9.